The first-order valence-electron chi connectivity index (χ1n) is 9.77. The molecule has 1 fully saturated rings. The summed E-state index contributed by atoms with van der Waals surface area (Å²) in [5.41, 5.74) is 1.68. The SMILES string of the molecule is Cc1ccccc1OCC(=O)N1CCC(C(=O)Nc2ccc3c(c2)OCO3)CC1. The van der Waals surface area contributed by atoms with Crippen LogP contribution < -0.4 is 19.5 Å². The van der Waals surface area contributed by atoms with Crippen LogP contribution in [0.2, 0.25) is 0 Å². The van der Waals surface area contributed by atoms with Gasteiger partial charge < -0.3 is 24.4 Å². The molecule has 2 aliphatic heterocycles. The number of rotatable bonds is 5. The number of fused-ring (bicyclic) bond motifs is 1. The summed E-state index contributed by atoms with van der Waals surface area (Å²) in [6, 6.07) is 13.0. The van der Waals surface area contributed by atoms with Crippen molar-refractivity contribution in [3.8, 4) is 17.2 Å². The number of carbonyl (C=O) groups is 2. The molecule has 2 amide bonds. The zero-order valence-corrected chi connectivity index (χ0v) is 16.3. The summed E-state index contributed by atoms with van der Waals surface area (Å²) < 4.78 is 16.3. The number of likely N-dealkylation sites (tertiary alicyclic amines) is 1. The van der Waals surface area contributed by atoms with Crippen molar-refractivity contribution in [1.29, 1.82) is 0 Å². The number of amides is 2. The Morgan fingerprint density at radius 3 is 2.66 bits per heavy atom. The Morgan fingerprint density at radius 2 is 1.86 bits per heavy atom. The fraction of sp³-hybridized carbons (Fsp3) is 0.364. The van der Waals surface area contributed by atoms with Gasteiger partial charge in [0.15, 0.2) is 18.1 Å². The number of piperidine rings is 1. The Bertz CT molecular complexity index is 906. The smallest absolute Gasteiger partial charge is 0.260 e. The van der Waals surface area contributed by atoms with Gasteiger partial charge in [0.05, 0.1) is 0 Å². The average molecular weight is 396 g/mol. The second kappa shape index (κ2) is 8.43. The maximum absolute atomic E-state index is 12.6. The van der Waals surface area contributed by atoms with Crippen molar-refractivity contribution in [3.05, 3.63) is 48.0 Å². The first-order chi connectivity index (χ1) is 14.1. The quantitative estimate of drug-likeness (QED) is 0.841. The molecular weight excluding hydrogens is 372 g/mol. The van der Waals surface area contributed by atoms with Crippen LogP contribution in [0.5, 0.6) is 17.2 Å². The van der Waals surface area contributed by atoms with Crippen LogP contribution in [0.4, 0.5) is 5.69 Å². The third-order valence-corrected chi connectivity index (χ3v) is 5.30. The van der Waals surface area contributed by atoms with Crippen molar-refractivity contribution >= 4 is 17.5 Å². The number of aryl methyl sites for hydroxylation is 1. The van der Waals surface area contributed by atoms with Gasteiger partial charge in [-0.25, -0.2) is 0 Å². The highest BCUT2D eigenvalue weighted by molar-refractivity contribution is 5.93. The fourth-order valence-electron chi connectivity index (χ4n) is 3.56. The number of nitrogens with zero attached hydrogens (tertiary/aromatic N) is 1. The molecular formula is C22H24N2O5. The standard InChI is InChI=1S/C22H24N2O5/c1-15-4-2-3-5-18(15)27-13-21(25)24-10-8-16(9-11-24)22(26)23-17-6-7-19-20(12-17)29-14-28-19/h2-7,12,16H,8-11,13-14H2,1H3,(H,23,26). The van der Waals surface area contributed by atoms with E-state index in [2.05, 4.69) is 5.32 Å². The highest BCUT2D eigenvalue weighted by Gasteiger charge is 2.28. The van der Waals surface area contributed by atoms with E-state index in [1.54, 1.807) is 23.1 Å². The fourth-order valence-corrected chi connectivity index (χ4v) is 3.56. The van der Waals surface area contributed by atoms with Gasteiger partial charge in [-0.3, -0.25) is 9.59 Å². The van der Waals surface area contributed by atoms with Gasteiger partial charge in [-0.1, -0.05) is 18.2 Å². The highest BCUT2D eigenvalue weighted by atomic mass is 16.7. The monoisotopic (exact) mass is 396 g/mol. The maximum atomic E-state index is 12.6. The largest absolute Gasteiger partial charge is 0.484 e. The van der Waals surface area contributed by atoms with Crippen molar-refractivity contribution in [2.45, 2.75) is 19.8 Å². The van der Waals surface area contributed by atoms with Gasteiger partial charge in [-0.05, 0) is 43.5 Å². The van der Waals surface area contributed by atoms with Crippen LogP contribution in [0, 0.1) is 12.8 Å². The van der Waals surface area contributed by atoms with E-state index in [9.17, 15) is 9.59 Å². The summed E-state index contributed by atoms with van der Waals surface area (Å²) in [4.78, 5) is 26.8. The molecule has 0 aromatic heterocycles. The lowest BCUT2D eigenvalue weighted by molar-refractivity contribution is -0.136. The van der Waals surface area contributed by atoms with Gasteiger partial charge in [-0.15, -0.1) is 0 Å². The Hall–Kier alpha value is -3.22. The predicted molar refractivity (Wildman–Crippen MR) is 107 cm³/mol. The Kier molecular flexibility index (Phi) is 5.55. The minimum absolute atomic E-state index is 0.0128. The van der Waals surface area contributed by atoms with Gasteiger partial charge >= 0.3 is 0 Å². The summed E-state index contributed by atoms with van der Waals surface area (Å²) in [5, 5.41) is 2.94. The van der Waals surface area contributed by atoms with Gasteiger partial charge in [0.1, 0.15) is 5.75 Å². The summed E-state index contributed by atoms with van der Waals surface area (Å²) in [5.74, 6) is 1.83. The van der Waals surface area contributed by atoms with Crippen LogP contribution in [0.3, 0.4) is 0 Å². The summed E-state index contributed by atoms with van der Waals surface area (Å²) in [6.45, 7) is 3.26. The van der Waals surface area contributed by atoms with Crippen LogP contribution in [0.1, 0.15) is 18.4 Å². The molecule has 0 saturated carbocycles. The van der Waals surface area contributed by atoms with Crippen LogP contribution in [0.25, 0.3) is 0 Å². The molecule has 0 unspecified atom stereocenters. The molecule has 0 radical (unpaired) electrons. The number of para-hydroxylation sites is 1. The second-order valence-electron chi connectivity index (χ2n) is 7.27. The third-order valence-electron chi connectivity index (χ3n) is 5.30. The van der Waals surface area contributed by atoms with E-state index in [0.717, 1.165) is 11.3 Å². The third kappa shape index (κ3) is 4.45. The number of nitrogens with one attached hydrogen (secondary N) is 1. The first kappa shape index (κ1) is 19.1. The van der Waals surface area contributed by atoms with Crippen molar-refractivity contribution in [2.24, 2.45) is 5.92 Å². The Balaban J connectivity index is 1.25. The summed E-state index contributed by atoms with van der Waals surface area (Å²) in [6.07, 6.45) is 1.26. The van der Waals surface area contributed by atoms with Crippen LogP contribution in [-0.2, 0) is 9.59 Å². The number of carbonyl (C=O) groups excluding carboxylic acids is 2. The normalized spacial score (nSPS) is 15.8. The van der Waals surface area contributed by atoms with Gasteiger partial charge in [-0.2, -0.15) is 0 Å². The number of hydrogen-bond acceptors (Lipinski definition) is 5. The molecule has 2 aliphatic rings. The molecule has 1 saturated heterocycles. The van der Waals surface area contributed by atoms with Gasteiger partial charge in [0.25, 0.3) is 5.91 Å². The average Bonchev–Trinajstić information content (AvgIpc) is 3.21. The zero-order valence-electron chi connectivity index (χ0n) is 16.3. The molecule has 0 aliphatic carbocycles. The van der Waals surface area contributed by atoms with E-state index in [-0.39, 0.29) is 31.1 Å². The molecule has 152 valence electrons. The molecule has 1 N–H and O–H groups in total. The molecule has 4 rings (SSSR count). The first-order valence-corrected chi connectivity index (χ1v) is 9.77. The second-order valence-corrected chi connectivity index (χ2v) is 7.27. The van der Waals surface area contributed by atoms with E-state index in [1.807, 2.05) is 31.2 Å². The van der Waals surface area contributed by atoms with E-state index in [4.69, 9.17) is 14.2 Å². The topological polar surface area (TPSA) is 77.1 Å². The summed E-state index contributed by atoms with van der Waals surface area (Å²) in [7, 11) is 0. The molecule has 0 spiro atoms. The van der Waals surface area contributed by atoms with E-state index in [1.165, 1.54) is 0 Å². The molecule has 7 heteroatoms. The number of anilines is 1. The lowest BCUT2D eigenvalue weighted by atomic mass is 9.95. The zero-order chi connectivity index (χ0) is 20.2. The van der Waals surface area contributed by atoms with Crippen molar-refractivity contribution in [1.82, 2.24) is 4.90 Å². The van der Waals surface area contributed by atoms with Gasteiger partial charge in [0.2, 0.25) is 12.7 Å². The van der Waals surface area contributed by atoms with Crippen molar-refractivity contribution in [2.75, 3.05) is 31.8 Å². The molecule has 2 aromatic carbocycles. The Labute approximate surface area is 169 Å². The van der Waals surface area contributed by atoms with Crippen LogP contribution >= 0.6 is 0 Å². The number of hydrogen-bond donors (Lipinski definition) is 1. The molecule has 0 atom stereocenters. The minimum Gasteiger partial charge on any atom is -0.484 e. The summed E-state index contributed by atoms with van der Waals surface area (Å²) >= 11 is 0. The number of benzene rings is 2. The number of ether oxygens (including phenoxy) is 3. The van der Waals surface area contributed by atoms with Crippen LogP contribution in [0.15, 0.2) is 42.5 Å². The van der Waals surface area contributed by atoms with E-state index in [0.29, 0.717) is 43.1 Å². The highest BCUT2D eigenvalue weighted by Crippen LogP contribution is 2.34. The van der Waals surface area contributed by atoms with E-state index >= 15 is 0 Å². The van der Waals surface area contributed by atoms with Gasteiger partial charge in [0, 0.05) is 30.8 Å². The maximum Gasteiger partial charge on any atom is 0.260 e. The van der Waals surface area contributed by atoms with Crippen LogP contribution in [-0.4, -0.2) is 43.2 Å². The molecule has 0 bridgehead atoms. The lowest BCUT2D eigenvalue weighted by Crippen LogP contribution is -2.43. The molecule has 2 heterocycles. The van der Waals surface area contributed by atoms with E-state index < -0.39 is 0 Å². The molecule has 29 heavy (non-hydrogen) atoms. The Morgan fingerprint density at radius 1 is 1.10 bits per heavy atom. The minimum atomic E-state index is -0.123. The predicted octanol–water partition coefficient (Wildman–Crippen LogP) is 2.98. The van der Waals surface area contributed by atoms with Crippen molar-refractivity contribution in [3.63, 3.8) is 0 Å². The van der Waals surface area contributed by atoms with Crippen molar-refractivity contribution < 1.29 is 23.8 Å². The lowest BCUT2D eigenvalue weighted by Gasteiger charge is -2.31. The molecule has 7 nitrogen and oxygen atoms in total. The molecule has 2 aromatic rings.